The summed E-state index contributed by atoms with van der Waals surface area (Å²) < 4.78 is 36.2. The number of ether oxygens (including phenoxy) is 1. The largest absolute Gasteiger partial charge is 0.484 e. The third-order valence-corrected chi connectivity index (χ3v) is 4.11. The summed E-state index contributed by atoms with van der Waals surface area (Å²) in [6.07, 6.45) is 0. The summed E-state index contributed by atoms with van der Waals surface area (Å²) in [4.78, 5) is 11.8. The van der Waals surface area contributed by atoms with Crippen LogP contribution < -0.4 is 20.9 Å². The second-order valence-corrected chi connectivity index (χ2v) is 6.35. The van der Waals surface area contributed by atoms with Gasteiger partial charge in [-0.25, -0.2) is 8.78 Å². The number of para-hydroxylation sites is 1. The van der Waals surface area contributed by atoms with Crippen LogP contribution in [0.15, 0.2) is 47.8 Å². The molecule has 0 unspecified atom stereocenters. The van der Waals surface area contributed by atoms with E-state index in [1.165, 1.54) is 17.6 Å². The van der Waals surface area contributed by atoms with Crippen molar-refractivity contribution < 1.29 is 18.3 Å². The van der Waals surface area contributed by atoms with Crippen LogP contribution in [0.3, 0.4) is 0 Å². The number of halogens is 2. The topological polar surface area (TPSA) is 88.2 Å². The fourth-order valence-corrected chi connectivity index (χ4v) is 2.70. The molecule has 0 fully saturated rings. The zero-order valence-corrected chi connectivity index (χ0v) is 15.7. The normalized spacial score (nSPS) is 10.2. The molecule has 1 aromatic heterocycles. The number of hydrazine groups is 1. The number of amides is 1. The van der Waals surface area contributed by atoms with E-state index in [1.54, 1.807) is 24.3 Å². The second-order valence-electron chi connectivity index (χ2n) is 5.33. The van der Waals surface area contributed by atoms with Gasteiger partial charge >= 0.3 is 0 Å². The number of carbonyl (C=O) groups is 1. The Balaban J connectivity index is 1.44. The molecule has 3 N–H and O–H groups in total. The third-order valence-electron chi connectivity index (χ3n) is 3.40. The number of carbonyl (C=O) groups excluding carboxylic acids is 1. The Morgan fingerprint density at radius 3 is 2.46 bits per heavy atom. The van der Waals surface area contributed by atoms with Crippen LogP contribution >= 0.6 is 23.8 Å². The van der Waals surface area contributed by atoms with E-state index in [4.69, 9.17) is 17.0 Å². The molecule has 1 heterocycles. The molecule has 1 amide bonds. The summed E-state index contributed by atoms with van der Waals surface area (Å²) in [5.41, 5.74) is 5.83. The molecule has 0 bridgehead atoms. The number of nitrogens with one attached hydrogen (secondary N) is 3. The van der Waals surface area contributed by atoms with E-state index >= 15 is 0 Å². The second kappa shape index (κ2) is 9.15. The van der Waals surface area contributed by atoms with Crippen LogP contribution in [-0.4, -0.2) is 27.2 Å². The maximum absolute atomic E-state index is 13.5. The van der Waals surface area contributed by atoms with Crippen molar-refractivity contribution in [3.63, 3.8) is 0 Å². The Morgan fingerprint density at radius 1 is 1.11 bits per heavy atom. The summed E-state index contributed by atoms with van der Waals surface area (Å²) >= 11 is 6.14. The summed E-state index contributed by atoms with van der Waals surface area (Å²) in [5.74, 6) is -1.67. The highest BCUT2D eigenvalue weighted by Gasteiger charge is 2.10. The monoisotopic (exact) mass is 421 g/mol. The first kappa shape index (κ1) is 19.6. The number of hydrogen-bond donors (Lipinski definition) is 3. The number of hydrogen-bond acceptors (Lipinski definition) is 6. The van der Waals surface area contributed by atoms with Gasteiger partial charge in [0, 0.05) is 10.9 Å². The highest BCUT2D eigenvalue weighted by Crippen LogP contribution is 2.21. The van der Waals surface area contributed by atoms with Gasteiger partial charge in [0.2, 0.25) is 0 Å². The zero-order valence-electron chi connectivity index (χ0n) is 14.1. The predicted octanol–water partition coefficient (Wildman–Crippen LogP) is 2.88. The molecule has 0 spiro atoms. The molecule has 0 aliphatic carbocycles. The van der Waals surface area contributed by atoms with Crippen LogP contribution in [0.1, 0.15) is 0 Å². The van der Waals surface area contributed by atoms with Crippen molar-refractivity contribution in [2.24, 2.45) is 0 Å². The Hall–Kier alpha value is -3.18. The molecule has 3 aromatic rings. The van der Waals surface area contributed by atoms with Crippen molar-refractivity contribution in [3.05, 3.63) is 59.5 Å². The number of nitrogens with zero attached hydrogens (tertiary/aromatic N) is 2. The van der Waals surface area contributed by atoms with Crippen molar-refractivity contribution in [3.8, 4) is 17.0 Å². The molecular formula is C17H13F2N5O2S2. The van der Waals surface area contributed by atoms with Gasteiger partial charge in [0.25, 0.3) is 5.91 Å². The van der Waals surface area contributed by atoms with Gasteiger partial charge in [0.1, 0.15) is 28.8 Å². The summed E-state index contributed by atoms with van der Waals surface area (Å²) in [6.45, 7) is -0.290. The minimum Gasteiger partial charge on any atom is -0.484 e. The van der Waals surface area contributed by atoms with Crippen molar-refractivity contribution in [1.82, 2.24) is 20.4 Å². The van der Waals surface area contributed by atoms with Gasteiger partial charge in [-0.1, -0.05) is 10.6 Å². The lowest BCUT2D eigenvalue weighted by molar-refractivity contribution is -0.123. The van der Waals surface area contributed by atoms with E-state index in [1.807, 2.05) is 5.38 Å². The quantitative estimate of drug-likeness (QED) is 0.431. The molecule has 144 valence electrons. The Morgan fingerprint density at radius 2 is 1.82 bits per heavy atom. The summed E-state index contributed by atoms with van der Waals surface area (Å²) in [5, 5.41) is 7.93. The van der Waals surface area contributed by atoms with Gasteiger partial charge in [-0.2, -0.15) is 0 Å². The third kappa shape index (κ3) is 5.18. The average Bonchev–Trinajstić information content (AvgIpc) is 3.23. The lowest BCUT2D eigenvalue weighted by Crippen LogP contribution is -2.45. The van der Waals surface area contributed by atoms with Crippen LogP contribution in [0, 0.1) is 11.6 Å². The smallest absolute Gasteiger partial charge is 0.276 e. The highest BCUT2D eigenvalue weighted by molar-refractivity contribution is 7.80. The van der Waals surface area contributed by atoms with Gasteiger partial charge in [-0.05, 0) is 60.1 Å². The molecule has 28 heavy (non-hydrogen) atoms. The molecule has 0 saturated heterocycles. The molecule has 3 rings (SSSR count). The molecule has 0 radical (unpaired) electrons. The number of benzene rings is 2. The number of anilines is 1. The first-order valence-electron chi connectivity index (χ1n) is 7.83. The molecule has 0 saturated carbocycles. The van der Waals surface area contributed by atoms with E-state index in [0.717, 1.165) is 23.4 Å². The first-order valence-corrected chi connectivity index (χ1v) is 9.07. The minimum atomic E-state index is -0.810. The Kier molecular flexibility index (Phi) is 6.40. The van der Waals surface area contributed by atoms with Crippen LogP contribution in [0.2, 0.25) is 0 Å². The van der Waals surface area contributed by atoms with E-state index in [0.29, 0.717) is 5.75 Å². The fourth-order valence-electron chi connectivity index (χ4n) is 2.09. The van der Waals surface area contributed by atoms with Gasteiger partial charge in [0.05, 0.1) is 0 Å². The van der Waals surface area contributed by atoms with Crippen molar-refractivity contribution in [1.29, 1.82) is 0 Å². The van der Waals surface area contributed by atoms with Crippen LogP contribution in [0.25, 0.3) is 11.3 Å². The average molecular weight is 421 g/mol. The van der Waals surface area contributed by atoms with Gasteiger partial charge in [-0.3, -0.25) is 15.6 Å². The van der Waals surface area contributed by atoms with Crippen LogP contribution in [0.4, 0.5) is 14.5 Å². The molecule has 0 atom stereocenters. The predicted molar refractivity (Wildman–Crippen MR) is 105 cm³/mol. The molecule has 0 aliphatic heterocycles. The van der Waals surface area contributed by atoms with Crippen molar-refractivity contribution >= 4 is 40.5 Å². The number of thiocarbonyl (C=S) groups is 1. The van der Waals surface area contributed by atoms with Crippen LogP contribution in [0.5, 0.6) is 5.75 Å². The summed E-state index contributed by atoms with van der Waals surface area (Å²) in [6, 6.07) is 10.4. The maximum Gasteiger partial charge on any atom is 0.276 e. The van der Waals surface area contributed by atoms with Crippen LogP contribution in [-0.2, 0) is 4.79 Å². The fraction of sp³-hybridized carbons (Fsp3) is 0.0588. The minimum absolute atomic E-state index is 0.182. The molecule has 7 nitrogen and oxygen atoms in total. The number of aromatic nitrogens is 2. The van der Waals surface area contributed by atoms with E-state index in [-0.39, 0.29) is 11.7 Å². The summed E-state index contributed by atoms with van der Waals surface area (Å²) in [7, 11) is 0. The zero-order chi connectivity index (χ0) is 19.9. The standard InChI is InChI=1S/C17H13F2N5O2S2/c18-12-2-1-3-13(19)16(12)20-17(27)23-22-15(25)8-26-11-6-4-10(5-7-11)14-9-28-24-21-14/h1-7,9H,8H2,(H,22,25)(H2,20,23,27). The molecular weight excluding hydrogens is 408 g/mol. The van der Waals surface area contributed by atoms with Crippen molar-refractivity contribution in [2.75, 3.05) is 11.9 Å². The van der Waals surface area contributed by atoms with E-state index in [9.17, 15) is 13.6 Å². The lowest BCUT2D eigenvalue weighted by Gasteiger charge is -2.13. The SMILES string of the molecule is O=C(COc1ccc(-c2csnn2)cc1)NNC(=S)Nc1c(F)cccc1F. The van der Waals surface area contributed by atoms with Gasteiger partial charge < -0.3 is 10.1 Å². The first-order chi connectivity index (χ1) is 13.5. The highest BCUT2D eigenvalue weighted by atomic mass is 32.1. The maximum atomic E-state index is 13.5. The Labute approximate surface area is 167 Å². The molecule has 2 aromatic carbocycles. The lowest BCUT2D eigenvalue weighted by atomic mass is 10.2. The van der Waals surface area contributed by atoms with Crippen molar-refractivity contribution in [2.45, 2.75) is 0 Å². The molecule has 0 aliphatic rings. The van der Waals surface area contributed by atoms with Gasteiger partial charge in [0.15, 0.2) is 11.7 Å². The van der Waals surface area contributed by atoms with E-state index in [2.05, 4.69) is 25.8 Å². The molecule has 11 heteroatoms. The number of rotatable bonds is 5. The van der Waals surface area contributed by atoms with Gasteiger partial charge in [-0.15, -0.1) is 5.10 Å². The van der Waals surface area contributed by atoms with E-state index < -0.39 is 23.2 Å². The Bertz CT molecular complexity index is 948.